The Hall–Kier alpha value is -3.02. The number of benzene rings is 2. The maximum absolute atomic E-state index is 13.1. The summed E-state index contributed by atoms with van der Waals surface area (Å²) in [6.45, 7) is -1.33. The highest BCUT2D eigenvalue weighted by molar-refractivity contribution is 6.29. The number of hydrogen-bond acceptors (Lipinski definition) is 14. The number of aromatic hydroxyl groups is 1. The van der Waals surface area contributed by atoms with Gasteiger partial charge in [-0.15, -0.1) is 0 Å². The molecule has 5 rings (SSSR count). The molecule has 2 aliphatic heterocycles. The molecule has 9 atom stereocenters. The van der Waals surface area contributed by atoms with Crippen LogP contribution in [0.2, 0.25) is 0 Å². The zero-order valence-corrected chi connectivity index (χ0v) is 20.7. The van der Waals surface area contributed by atoms with Crippen LogP contribution < -0.4 is 4.74 Å². The molecule has 40 heavy (non-hydrogen) atoms. The quantitative estimate of drug-likeness (QED) is 0.157. The highest BCUT2D eigenvalue weighted by Gasteiger charge is 2.46. The average molecular weight is 564 g/mol. The van der Waals surface area contributed by atoms with E-state index in [2.05, 4.69) is 0 Å². The number of carbonyl (C=O) groups excluding carboxylic acids is 2. The minimum atomic E-state index is -1.85. The van der Waals surface area contributed by atoms with E-state index in [9.17, 15) is 50.4 Å². The fourth-order valence-electron chi connectivity index (χ4n) is 4.92. The van der Waals surface area contributed by atoms with Gasteiger partial charge in [0.2, 0.25) is 6.29 Å². The maximum atomic E-state index is 13.1. The smallest absolute Gasteiger partial charge is 0.229 e. The summed E-state index contributed by atoms with van der Waals surface area (Å²) < 4.78 is 21.7. The predicted octanol–water partition coefficient (Wildman–Crippen LogP) is -2.35. The number of aliphatic hydroxyl groups is 7. The topological polar surface area (TPSA) is 233 Å². The van der Waals surface area contributed by atoms with Gasteiger partial charge in [0.05, 0.1) is 30.4 Å². The summed E-state index contributed by atoms with van der Waals surface area (Å²) in [6.07, 6.45) is -14.5. The van der Waals surface area contributed by atoms with Gasteiger partial charge in [-0.3, -0.25) is 9.59 Å². The lowest BCUT2D eigenvalue weighted by molar-refractivity contribution is -0.324. The molecular formula is C26H28O14. The molecule has 0 saturated carbocycles. The van der Waals surface area contributed by atoms with Crippen molar-refractivity contribution in [2.45, 2.75) is 68.5 Å². The average Bonchev–Trinajstić information content (AvgIpc) is 2.94. The summed E-state index contributed by atoms with van der Waals surface area (Å²) in [6, 6.07) is 7.12. The molecular weight excluding hydrogens is 536 g/mol. The molecule has 2 fully saturated rings. The van der Waals surface area contributed by atoms with Crippen LogP contribution in [0, 0.1) is 0 Å². The lowest BCUT2D eigenvalue weighted by atomic mass is 9.82. The standard InChI is InChI=1S/C26H28O14/c27-7-12-14(5-11-17(20(12)31)19(30)10-4-2-1-3-9(10)18(11)29)38-26-24(35)23(34)22(33)15(39-26)8-37-16-6-13(28)21(32)25(36)40-16/h1-5,13,15-16,21-28,31-36H,6-8H2/t13-,15+,16+,21-,22+,23-,24+,25-,26+/m1/s1. The molecule has 0 spiro atoms. The second-order valence-electron chi connectivity index (χ2n) is 9.70. The van der Waals surface area contributed by atoms with Gasteiger partial charge < -0.3 is 59.8 Å². The Morgan fingerprint density at radius 2 is 1.52 bits per heavy atom. The number of ketones is 2. The Kier molecular flexibility index (Phi) is 7.91. The van der Waals surface area contributed by atoms with Crippen LogP contribution >= 0.6 is 0 Å². The largest absolute Gasteiger partial charge is 0.507 e. The first kappa shape index (κ1) is 28.5. The molecule has 0 radical (unpaired) electrons. The second-order valence-corrected chi connectivity index (χ2v) is 9.70. The third-order valence-electron chi connectivity index (χ3n) is 7.18. The molecule has 2 aromatic rings. The van der Waals surface area contributed by atoms with Crippen LogP contribution in [0.4, 0.5) is 0 Å². The Balaban J connectivity index is 1.38. The van der Waals surface area contributed by atoms with Crippen molar-refractivity contribution < 1.29 is 69.4 Å². The van der Waals surface area contributed by atoms with Crippen molar-refractivity contribution in [1.29, 1.82) is 0 Å². The number of hydrogen-bond donors (Lipinski definition) is 8. The number of phenols is 1. The van der Waals surface area contributed by atoms with Crippen LogP contribution in [0.15, 0.2) is 30.3 Å². The molecule has 8 N–H and O–H groups in total. The van der Waals surface area contributed by atoms with Crippen molar-refractivity contribution in [2.24, 2.45) is 0 Å². The SMILES string of the molecule is O=C1c2ccccc2C(=O)c2c1cc(O[C@H]1O[C@@H](CO[C@@H]3C[C@@H](O)[C@@H](O)[C@H](O)O3)[C@H](O)[C@@H](O)[C@@H]1O)c(CO)c2O. The first-order valence-electron chi connectivity index (χ1n) is 12.4. The Morgan fingerprint density at radius 1 is 0.850 bits per heavy atom. The molecule has 2 aromatic carbocycles. The number of fused-ring (bicyclic) bond motifs is 2. The van der Waals surface area contributed by atoms with Crippen LogP contribution in [0.3, 0.4) is 0 Å². The van der Waals surface area contributed by atoms with E-state index in [4.69, 9.17) is 18.9 Å². The van der Waals surface area contributed by atoms with Gasteiger partial charge in [-0.2, -0.15) is 0 Å². The van der Waals surface area contributed by atoms with Crippen LogP contribution in [0.5, 0.6) is 11.5 Å². The second kappa shape index (κ2) is 11.1. The van der Waals surface area contributed by atoms with E-state index in [1.165, 1.54) is 12.1 Å². The van der Waals surface area contributed by atoms with Gasteiger partial charge >= 0.3 is 0 Å². The van der Waals surface area contributed by atoms with Crippen molar-refractivity contribution in [3.05, 3.63) is 58.1 Å². The van der Waals surface area contributed by atoms with Gasteiger partial charge in [-0.05, 0) is 6.07 Å². The highest BCUT2D eigenvalue weighted by atomic mass is 16.7. The van der Waals surface area contributed by atoms with Crippen molar-refractivity contribution in [1.82, 2.24) is 0 Å². The van der Waals surface area contributed by atoms with Gasteiger partial charge in [0.15, 0.2) is 24.1 Å². The van der Waals surface area contributed by atoms with Gasteiger partial charge in [-0.1, -0.05) is 24.3 Å². The molecule has 0 aromatic heterocycles. The first-order valence-corrected chi connectivity index (χ1v) is 12.4. The summed E-state index contributed by atoms with van der Waals surface area (Å²) in [5.41, 5.74) is -0.655. The molecule has 0 unspecified atom stereocenters. The predicted molar refractivity (Wildman–Crippen MR) is 128 cm³/mol. The molecule has 3 aliphatic rings. The third kappa shape index (κ3) is 4.88. The number of ether oxygens (including phenoxy) is 4. The molecule has 216 valence electrons. The zero-order valence-electron chi connectivity index (χ0n) is 20.7. The van der Waals surface area contributed by atoms with E-state index < -0.39 is 86.0 Å². The minimum Gasteiger partial charge on any atom is -0.507 e. The van der Waals surface area contributed by atoms with E-state index in [0.717, 1.165) is 6.07 Å². The summed E-state index contributed by atoms with van der Waals surface area (Å²) in [7, 11) is 0. The van der Waals surface area contributed by atoms with Crippen molar-refractivity contribution in [2.75, 3.05) is 6.61 Å². The van der Waals surface area contributed by atoms with Gasteiger partial charge in [-0.25, -0.2) is 0 Å². The van der Waals surface area contributed by atoms with Crippen molar-refractivity contribution in [3.8, 4) is 11.5 Å². The maximum Gasteiger partial charge on any atom is 0.229 e. The summed E-state index contributed by atoms with van der Waals surface area (Å²) in [5, 5.41) is 81.2. The summed E-state index contributed by atoms with van der Waals surface area (Å²) in [5.74, 6) is -2.27. The van der Waals surface area contributed by atoms with Crippen LogP contribution in [-0.4, -0.2) is 115 Å². The minimum absolute atomic E-state index is 0.0790. The molecule has 2 saturated heterocycles. The van der Waals surface area contributed by atoms with Crippen LogP contribution in [0.1, 0.15) is 43.8 Å². The first-order chi connectivity index (χ1) is 19.0. The van der Waals surface area contributed by atoms with Crippen molar-refractivity contribution >= 4 is 11.6 Å². The van der Waals surface area contributed by atoms with Gasteiger partial charge in [0.25, 0.3) is 0 Å². The monoisotopic (exact) mass is 564 g/mol. The molecule has 14 heteroatoms. The van der Waals surface area contributed by atoms with E-state index in [1.54, 1.807) is 12.1 Å². The molecule has 14 nitrogen and oxygen atoms in total. The third-order valence-corrected chi connectivity index (χ3v) is 7.18. The fraction of sp³-hybridized carbons (Fsp3) is 0.462. The van der Waals surface area contributed by atoms with Crippen molar-refractivity contribution in [3.63, 3.8) is 0 Å². The lowest BCUT2D eigenvalue weighted by Gasteiger charge is -2.41. The highest BCUT2D eigenvalue weighted by Crippen LogP contribution is 2.41. The van der Waals surface area contributed by atoms with E-state index in [1.807, 2.05) is 0 Å². The van der Waals surface area contributed by atoms with Crippen LogP contribution in [0.25, 0.3) is 0 Å². The van der Waals surface area contributed by atoms with E-state index in [0.29, 0.717) is 0 Å². The number of rotatable bonds is 6. The van der Waals surface area contributed by atoms with E-state index in [-0.39, 0.29) is 40.0 Å². The van der Waals surface area contributed by atoms with Crippen LogP contribution in [-0.2, 0) is 20.8 Å². The Bertz CT molecular complexity index is 1280. The molecule has 0 bridgehead atoms. The lowest BCUT2D eigenvalue weighted by Crippen LogP contribution is -2.60. The molecule has 1 aliphatic carbocycles. The molecule has 2 heterocycles. The zero-order chi connectivity index (χ0) is 28.9. The normalized spacial score (nSPS) is 33.8. The Morgan fingerprint density at radius 3 is 2.17 bits per heavy atom. The Labute approximate surface area is 226 Å². The van der Waals surface area contributed by atoms with Gasteiger partial charge in [0, 0.05) is 23.1 Å². The number of carbonyl (C=O) groups is 2. The summed E-state index contributed by atoms with van der Waals surface area (Å²) >= 11 is 0. The number of aliphatic hydroxyl groups excluding tert-OH is 7. The van der Waals surface area contributed by atoms with Gasteiger partial charge in [0.1, 0.15) is 42.0 Å². The summed E-state index contributed by atoms with van der Waals surface area (Å²) in [4.78, 5) is 26.2. The fourth-order valence-corrected chi connectivity index (χ4v) is 4.92. The van der Waals surface area contributed by atoms with E-state index >= 15 is 0 Å². The molecule has 0 amide bonds.